The normalized spacial score (nSPS) is 10.7. The Kier molecular flexibility index (Phi) is 6.30. The number of nitrogens with zero attached hydrogens (tertiary/aromatic N) is 3. The van der Waals surface area contributed by atoms with Crippen molar-refractivity contribution in [3.63, 3.8) is 0 Å². The Morgan fingerprint density at radius 2 is 1.60 bits per heavy atom. The van der Waals surface area contributed by atoms with Crippen molar-refractivity contribution in [3.8, 4) is 16.9 Å². The number of aryl methyl sites for hydroxylation is 1. The number of carbonyl (C=O) groups is 1. The van der Waals surface area contributed by atoms with E-state index in [2.05, 4.69) is 22.4 Å². The van der Waals surface area contributed by atoms with Crippen LogP contribution in [-0.2, 0) is 17.8 Å². The Hall–Kier alpha value is -3.73. The maximum absolute atomic E-state index is 12.4. The van der Waals surface area contributed by atoms with Crippen LogP contribution in [0.4, 0.5) is 0 Å². The van der Waals surface area contributed by atoms with Crippen LogP contribution in [0.25, 0.3) is 16.9 Å². The molecule has 150 valence electrons. The molecule has 2 heterocycles. The standard InChI is InChI=1S/C25H24N4O/c30-24(13-7-10-20-8-3-1-4-9-20)27-18-22-19-29(23-11-5-2-6-12-23)28-25(22)21-14-16-26-17-15-21/h1-6,8-9,11-12,14-17,19H,7,10,13,18H2,(H,27,30). The molecule has 0 fully saturated rings. The topological polar surface area (TPSA) is 59.8 Å². The van der Waals surface area contributed by atoms with Gasteiger partial charge in [-0.05, 0) is 42.7 Å². The number of nitrogens with one attached hydrogen (secondary N) is 1. The van der Waals surface area contributed by atoms with E-state index in [0.717, 1.165) is 35.3 Å². The average molecular weight is 396 g/mol. The summed E-state index contributed by atoms with van der Waals surface area (Å²) in [6.45, 7) is 0.439. The number of benzene rings is 2. The minimum atomic E-state index is 0.0547. The van der Waals surface area contributed by atoms with Crippen LogP contribution in [0.5, 0.6) is 0 Å². The Morgan fingerprint density at radius 1 is 0.900 bits per heavy atom. The van der Waals surface area contributed by atoms with E-state index in [1.165, 1.54) is 5.56 Å². The number of carbonyl (C=O) groups excluding carboxylic acids is 1. The van der Waals surface area contributed by atoms with Crippen LogP contribution in [0.3, 0.4) is 0 Å². The molecule has 0 aliphatic heterocycles. The first-order valence-electron chi connectivity index (χ1n) is 10.1. The summed E-state index contributed by atoms with van der Waals surface area (Å²) in [5.41, 5.74) is 5.04. The van der Waals surface area contributed by atoms with E-state index in [0.29, 0.717) is 13.0 Å². The highest BCUT2D eigenvalue weighted by Crippen LogP contribution is 2.23. The monoisotopic (exact) mass is 396 g/mol. The van der Waals surface area contributed by atoms with Gasteiger partial charge in [-0.3, -0.25) is 9.78 Å². The van der Waals surface area contributed by atoms with Gasteiger partial charge in [0.25, 0.3) is 0 Å². The van der Waals surface area contributed by atoms with E-state index in [4.69, 9.17) is 5.10 Å². The summed E-state index contributed by atoms with van der Waals surface area (Å²) in [5.74, 6) is 0.0547. The van der Waals surface area contributed by atoms with Gasteiger partial charge in [-0.1, -0.05) is 48.5 Å². The van der Waals surface area contributed by atoms with Gasteiger partial charge in [0.05, 0.1) is 11.4 Å². The molecular weight excluding hydrogens is 372 g/mol. The van der Waals surface area contributed by atoms with Gasteiger partial charge < -0.3 is 5.32 Å². The van der Waals surface area contributed by atoms with Crippen molar-refractivity contribution in [1.29, 1.82) is 0 Å². The maximum atomic E-state index is 12.4. The first-order valence-corrected chi connectivity index (χ1v) is 10.1. The van der Waals surface area contributed by atoms with E-state index in [1.54, 1.807) is 12.4 Å². The van der Waals surface area contributed by atoms with Crippen LogP contribution < -0.4 is 5.32 Å². The minimum Gasteiger partial charge on any atom is -0.352 e. The second-order valence-electron chi connectivity index (χ2n) is 7.13. The summed E-state index contributed by atoms with van der Waals surface area (Å²) in [7, 11) is 0. The van der Waals surface area contributed by atoms with Crippen molar-refractivity contribution in [2.24, 2.45) is 0 Å². The van der Waals surface area contributed by atoms with Gasteiger partial charge in [-0.15, -0.1) is 0 Å². The predicted octanol–water partition coefficient (Wildman–Crippen LogP) is 4.57. The number of pyridine rings is 1. The molecule has 5 heteroatoms. The first kappa shape index (κ1) is 19.6. The highest BCUT2D eigenvalue weighted by molar-refractivity contribution is 5.76. The van der Waals surface area contributed by atoms with Crippen LogP contribution in [0.1, 0.15) is 24.0 Å². The number of amides is 1. The summed E-state index contributed by atoms with van der Waals surface area (Å²) < 4.78 is 1.85. The number of rotatable bonds is 8. The molecule has 2 aromatic heterocycles. The summed E-state index contributed by atoms with van der Waals surface area (Å²) in [5, 5.41) is 7.82. The van der Waals surface area contributed by atoms with Crippen LogP contribution >= 0.6 is 0 Å². The zero-order valence-electron chi connectivity index (χ0n) is 16.7. The van der Waals surface area contributed by atoms with E-state index in [1.807, 2.05) is 71.5 Å². The van der Waals surface area contributed by atoms with Crippen molar-refractivity contribution in [2.45, 2.75) is 25.8 Å². The molecule has 4 rings (SSSR count). The third-order valence-corrected chi connectivity index (χ3v) is 4.95. The van der Waals surface area contributed by atoms with E-state index in [-0.39, 0.29) is 5.91 Å². The van der Waals surface area contributed by atoms with Crippen molar-refractivity contribution < 1.29 is 4.79 Å². The lowest BCUT2D eigenvalue weighted by Gasteiger charge is -2.06. The van der Waals surface area contributed by atoms with E-state index < -0.39 is 0 Å². The molecule has 0 atom stereocenters. The van der Waals surface area contributed by atoms with Gasteiger partial charge in [0.15, 0.2) is 0 Å². The number of aromatic nitrogens is 3. The molecule has 0 saturated carbocycles. The van der Waals surface area contributed by atoms with E-state index in [9.17, 15) is 4.79 Å². The van der Waals surface area contributed by atoms with Crippen LogP contribution in [0.15, 0.2) is 91.4 Å². The molecule has 0 aliphatic rings. The molecule has 0 saturated heterocycles. The molecule has 5 nitrogen and oxygen atoms in total. The van der Waals surface area contributed by atoms with Crippen molar-refractivity contribution in [2.75, 3.05) is 0 Å². The van der Waals surface area contributed by atoms with Gasteiger partial charge in [-0.25, -0.2) is 4.68 Å². The minimum absolute atomic E-state index is 0.0547. The fraction of sp³-hybridized carbons (Fsp3) is 0.160. The quantitative estimate of drug-likeness (QED) is 0.474. The van der Waals surface area contributed by atoms with Crippen LogP contribution in [0, 0.1) is 0 Å². The lowest BCUT2D eigenvalue weighted by atomic mass is 10.1. The van der Waals surface area contributed by atoms with Crippen molar-refractivity contribution in [1.82, 2.24) is 20.1 Å². The molecule has 0 unspecified atom stereocenters. The fourth-order valence-electron chi connectivity index (χ4n) is 3.38. The molecule has 0 bridgehead atoms. The van der Waals surface area contributed by atoms with E-state index >= 15 is 0 Å². The Morgan fingerprint density at radius 3 is 2.33 bits per heavy atom. The lowest BCUT2D eigenvalue weighted by Crippen LogP contribution is -2.22. The summed E-state index contributed by atoms with van der Waals surface area (Å²) in [6, 6.07) is 24.1. The SMILES string of the molecule is O=C(CCCc1ccccc1)NCc1cn(-c2ccccc2)nc1-c1ccncc1. The molecule has 30 heavy (non-hydrogen) atoms. The Labute approximate surface area is 176 Å². The molecule has 2 aromatic carbocycles. The summed E-state index contributed by atoms with van der Waals surface area (Å²) in [6.07, 6.45) is 7.73. The van der Waals surface area contributed by atoms with Gasteiger partial charge in [0.1, 0.15) is 0 Å². The number of para-hydroxylation sites is 1. The molecule has 1 amide bonds. The fourth-order valence-corrected chi connectivity index (χ4v) is 3.38. The predicted molar refractivity (Wildman–Crippen MR) is 118 cm³/mol. The second kappa shape index (κ2) is 9.65. The largest absolute Gasteiger partial charge is 0.352 e. The Bertz CT molecular complexity index is 1080. The second-order valence-corrected chi connectivity index (χ2v) is 7.13. The van der Waals surface area contributed by atoms with Crippen LogP contribution in [-0.4, -0.2) is 20.7 Å². The summed E-state index contributed by atoms with van der Waals surface area (Å²) in [4.78, 5) is 16.5. The van der Waals surface area contributed by atoms with Crippen LogP contribution in [0.2, 0.25) is 0 Å². The number of hydrogen-bond donors (Lipinski definition) is 1. The van der Waals surface area contributed by atoms with Crippen molar-refractivity contribution in [3.05, 3.63) is 103 Å². The molecule has 0 radical (unpaired) electrons. The third-order valence-electron chi connectivity index (χ3n) is 4.95. The third kappa shape index (κ3) is 5.00. The summed E-state index contributed by atoms with van der Waals surface area (Å²) >= 11 is 0. The van der Waals surface area contributed by atoms with Gasteiger partial charge in [-0.2, -0.15) is 5.10 Å². The first-order chi connectivity index (χ1) is 14.8. The smallest absolute Gasteiger partial charge is 0.220 e. The molecule has 0 spiro atoms. The van der Waals surface area contributed by atoms with Crippen molar-refractivity contribution >= 4 is 5.91 Å². The lowest BCUT2D eigenvalue weighted by molar-refractivity contribution is -0.121. The molecule has 1 N–H and O–H groups in total. The number of hydrogen-bond acceptors (Lipinski definition) is 3. The highest BCUT2D eigenvalue weighted by atomic mass is 16.1. The highest BCUT2D eigenvalue weighted by Gasteiger charge is 2.13. The molecule has 4 aromatic rings. The average Bonchev–Trinajstić information content (AvgIpc) is 3.24. The van der Waals surface area contributed by atoms with Gasteiger partial charge in [0, 0.05) is 42.7 Å². The molecular formula is C25H24N4O. The zero-order valence-corrected chi connectivity index (χ0v) is 16.7. The Balaban J connectivity index is 1.43. The zero-order chi connectivity index (χ0) is 20.6. The van der Waals surface area contributed by atoms with Gasteiger partial charge >= 0.3 is 0 Å². The van der Waals surface area contributed by atoms with Gasteiger partial charge in [0.2, 0.25) is 5.91 Å². The molecule has 0 aliphatic carbocycles. The maximum Gasteiger partial charge on any atom is 0.220 e.